The smallest absolute Gasteiger partial charge is 0.231 e. The fourth-order valence-corrected chi connectivity index (χ4v) is 4.63. The van der Waals surface area contributed by atoms with Gasteiger partial charge in [-0.3, -0.25) is 0 Å². The number of rotatable bonds is 5. The summed E-state index contributed by atoms with van der Waals surface area (Å²) in [4.78, 5) is 9.64. The summed E-state index contributed by atoms with van der Waals surface area (Å²) in [7, 11) is 0. The van der Waals surface area contributed by atoms with Crippen molar-refractivity contribution in [3.63, 3.8) is 0 Å². The molecule has 2 aliphatic rings. The lowest BCUT2D eigenvalue weighted by molar-refractivity contribution is -0.0370. The highest BCUT2D eigenvalue weighted by Gasteiger charge is 2.22. The minimum absolute atomic E-state index is 0.182. The first-order chi connectivity index (χ1) is 19.7. The lowest BCUT2D eigenvalue weighted by atomic mass is 10.2. The maximum absolute atomic E-state index is 6.22. The SMILES string of the molecule is Nc1ccccc1Nc1nc(Nc2ccc3c(c2)OCCOCCOCCO3)nc2c1cnn2C1CCCCO1. The van der Waals surface area contributed by atoms with Crippen LogP contribution < -0.4 is 25.8 Å². The van der Waals surface area contributed by atoms with Crippen molar-refractivity contribution in [3.8, 4) is 11.5 Å². The Hall–Kier alpha value is -4.13. The molecule has 2 aromatic heterocycles. The average molecular weight is 548 g/mol. The number of nitrogens with two attached hydrogens (primary N) is 1. The Morgan fingerprint density at radius 1 is 0.825 bits per heavy atom. The normalized spacial score (nSPS) is 18.4. The van der Waals surface area contributed by atoms with Gasteiger partial charge in [0.05, 0.1) is 49.4 Å². The van der Waals surface area contributed by atoms with E-state index in [1.54, 1.807) is 6.20 Å². The van der Waals surface area contributed by atoms with Crippen LogP contribution in [0.15, 0.2) is 48.7 Å². The van der Waals surface area contributed by atoms with E-state index in [0.29, 0.717) is 80.8 Å². The van der Waals surface area contributed by atoms with Crippen molar-refractivity contribution in [2.24, 2.45) is 0 Å². The Kier molecular flexibility index (Phi) is 8.07. The summed E-state index contributed by atoms with van der Waals surface area (Å²) in [5.41, 5.74) is 8.96. The molecule has 1 atom stereocenters. The fourth-order valence-electron chi connectivity index (χ4n) is 4.63. The molecule has 12 nitrogen and oxygen atoms in total. The molecule has 1 unspecified atom stereocenters. The van der Waals surface area contributed by atoms with Gasteiger partial charge in [0.25, 0.3) is 0 Å². The largest absolute Gasteiger partial charge is 0.487 e. The zero-order chi connectivity index (χ0) is 27.1. The summed E-state index contributed by atoms with van der Waals surface area (Å²) in [6.07, 6.45) is 4.56. The zero-order valence-corrected chi connectivity index (χ0v) is 22.2. The molecule has 0 aliphatic carbocycles. The molecule has 1 fully saturated rings. The number of nitrogen functional groups attached to an aromatic ring is 1. The van der Waals surface area contributed by atoms with Gasteiger partial charge in [-0.2, -0.15) is 15.1 Å². The molecule has 2 aliphatic heterocycles. The second-order valence-corrected chi connectivity index (χ2v) is 9.46. The highest BCUT2D eigenvalue weighted by atomic mass is 16.6. The van der Waals surface area contributed by atoms with Crippen LogP contribution >= 0.6 is 0 Å². The number of anilines is 5. The molecule has 40 heavy (non-hydrogen) atoms. The summed E-state index contributed by atoms with van der Waals surface area (Å²) in [5.74, 6) is 2.18. The van der Waals surface area contributed by atoms with Gasteiger partial charge in [0.1, 0.15) is 19.0 Å². The van der Waals surface area contributed by atoms with Crippen LogP contribution in [0.1, 0.15) is 25.5 Å². The predicted octanol–water partition coefficient (Wildman–Crippen LogP) is 4.40. The lowest BCUT2D eigenvalue weighted by Crippen LogP contribution is -2.19. The van der Waals surface area contributed by atoms with Gasteiger partial charge in [-0.05, 0) is 43.5 Å². The van der Waals surface area contributed by atoms with Crippen LogP contribution in [0.25, 0.3) is 11.0 Å². The van der Waals surface area contributed by atoms with Gasteiger partial charge >= 0.3 is 0 Å². The standard InChI is InChI=1S/C28H33N7O5/c29-21-5-1-2-6-22(21)32-26-20-18-30-35(25-7-3-4-10-40-25)27(20)34-28(33-26)31-19-8-9-23-24(17-19)39-16-14-37-12-11-36-13-15-38-23/h1-2,5-6,8-9,17-18,25H,3-4,7,10-16,29H2,(H2,31,32,33,34). The molecule has 0 bridgehead atoms. The summed E-state index contributed by atoms with van der Waals surface area (Å²) < 4.78 is 30.8. The first-order valence-electron chi connectivity index (χ1n) is 13.6. The Labute approximate surface area is 231 Å². The summed E-state index contributed by atoms with van der Waals surface area (Å²) in [5, 5.41) is 12.1. The number of fused-ring (bicyclic) bond motifs is 2. The molecule has 6 rings (SSSR count). The highest BCUT2D eigenvalue weighted by molar-refractivity contribution is 5.91. The van der Waals surface area contributed by atoms with E-state index < -0.39 is 0 Å². The Morgan fingerprint density at radius 2 is 1.62 bits per heavy atom. The molecule has 0 amide bonds. The van der Waals surface area contributed by atoms with E-state index in [4.69, 9.17) is 39.4 Å². The molecule has 0 saturated carbocycles. The first-order valence-corrected chi connectivity index (χ1v) is 13.6. The summed E-state index contributed by atoms with van der Waals surface area (Å²) in [6, 6.07) is 13.2. The van der Waals surface area contributed by atoms with Crippen molar-refractivity contribution in [1.82, 2.24) is 19.7 Å². The van der Waals surface area contributed by atoms with Crippen molar-refractivity contribution in [1.29, 1.82) is 0 Å². The number of nitrogens with zero attached hydrogens (tertiary/aromatic N) is 4. The quantitative estimate of drug-likeness (QED) is 0.306. The molecule has 4 heterocycles. The molecule has 2 aromatic carbocycles. The van der Waals surface area contributed by atoms with Gasteiger partial charge < -0.3 is 40.1 Å². The Bertz CT molecular complexity index is 1440. The number of aromatic nitrogens is 4. The minimum Gasteiger partial charge on any atom is -0.487 e. The third-order valence-corrected chi connectivity index (χ3v) is 6.64. The van der Waals surface area contributed by atoms with Crippen molar-refractivity contribution in [2.45, 2.75) is 25.5 Å². The Balaban J connectivity index is 1.33. The monoisotopic (exact) mass is 547 g/mol. The predicted molar refractivity (Wildman–Crippen MR) is 151 cm³/mol. The van der Waals surface area contributed by atoms with Crippen LogP contribution in [-0.2, 0) is 14.2 Å². The van der Waals surface area contributed by atoms with Gasteiger partial charge in [-0.1, -0.05) is 12.1 Å². The molecule has 12 heteroatoms. The van der Waals surface area contributed by atoms with E-state index >= 15 is 0 Å². The number of nitrogens with one attached hydrogen (secondary N) is 2. The van der Waals surface area contributed by atoms with Gasteiger partial charge in [0, 0.05) is 18.4 Å². The summed E-state index contributed by atoms with van der Waals surface area (Å²) >= 11 is 0. The van der Waals surface area contributed by atoms with Crippen molar-refractivity contribution >= 4 is 39.9 Å². The summed E-state index contributed by atoms with van der Waals surface area (Å²) in [6.45, 7) is 3.46. The third kappa shape index (κ3) is 6.03. The fraction of sp³-hybridized carbons (Fsp3) is 0.393. The number of ether oxygens (including phenoxy) is 5. The molecular formula is C28H33N7O5. The van der Waals surface area contributed by atoms with Crippen LogP contribution in [0.2, 0.25) is 0 Å². The first kappa shape index (κ1) is 26.1. The average Bonchev–Trinajstić information content (AvgIpc) is 3.40. The van der Waals surface area contributed by atoms with E-state index in [-0.39, 0.29) is 6.23 Å². The van der Waals surface area contributed by atoms with Gasteiger partial charge in [-0.25, -0.2) is 4.68 Å². The number of hydrogen-bond acceptors (Lipinski definition) is 11. The van der Waals surface area contributed by atoms with Crippen LogP contribution in [0.5, 0.6) is 11.5 Å². The van der Waals surface area contributed by atoms with E-state index in [0.717, 1.165) is 36.0 Å². The van der Waals surface area contributed by atoms with Crippen molar-refractivity contribution in [3.05, 3.63) is 48.7 Å². The molecule has 4 N–H and O–H groups in total. The maximum Gasteiger partial charge on any atom is 0.231 e. The molecule has 4 aromatic rings. The minimum atomic E-state index is -0.182. The number of benzene rings is 2. The molecule has 1 saturated heterocycles. The van der Waals surface area contributed by atoms with Crippen molar-refractivity contribution in [2.75, 3.05) is 62.6 Å². The highest BCUT2D eigenvalue weighted by Crippen LogP contribution is 2.34. The zero-order valence-electron chi connectivity index (χ0n) is 22.2. The second-order valence-electron chi connectivity index (χ2n) is 9.46. The van der Waals surface area contributed by atoms with Crippen molar-refractivity contribution < 1.29 is 23.7 Å². The molecular weight excluding hydrogens is 514 g/mol. The molecule has 0 spiro atoms. The van der Waals surface area contributed by atoms with Gasteiger partial charge in [-0.15, -0.1) is 0 Å². The van der Waals surface area contributed by atoms with Crippen LogP contribution in [-0.4, -0.2) is 66.0 Å². The topological polar surface area (TPSA) is 140 Å². The van der Waals surface area contributed by atoms with E-state index in [2.05, 4.69) is 15.7 Å². The second kappa shape index (κ2) is 12.4. The number of para-hydroxylation sites is 2. The molecule has 210 valence electrons. The van der Waals surface area contributed by atoms with Gasteiger partial charge in [0.2, 0.25) is 5.95 Å². The van der Waals surface area contributed by atoms with Crippen LogP contribution in [0, 0.1) is 0 Å². The lowest BCUT2D eigenvalue weighted by Gasteiger charge is -2.23. The van der Waals surface area contributed by atoms with E-state index in [9.17, 15) is 0 Å². The molecule has 0 radical (unpaired) electrons. The van der Waals surface area contributed by atoms with Gasteiger partial charge in [0.15, 0.2) is 23.4 Å². The van der Waals surface area contributed by atoms with E-state index in [1.807, 2.05) is 47.1 Å². The van der Waals surface area contributed by atoms with Crippen LogP contribution in [0.3, 0.4) is 0 Å². The third-order valence-electron chi connectivity index (χ3n) is 6.64. The maximum atomic E-state index is 6.22. The van der Waals surface area contributed by atoms with E-state index in [1.165, 1.54) is 0 Å². The van der Waals surface area contributed by atoms with Crippen LogP contribution in [0.4, 0.5) is 28.8 Å². The Morgan fingerprint density at radius 3 is 2.42 bits per heavy atom. The number of hydrogen-bond donors (Lipinski definition) is 3.